The van der Waals surface area contributed by atoms with Crippen molar-refractivity contribution in [1.29, 1.82) is 0 Å². The third-order valence-corrected chi connectivity index (χ3v) is 1.56. The van der Waals surface area contributed by atoms with Crippen LogP contribution in [0.3, 0.4) is 0 Å². The predicted molar refractivity (Wildman–Crippen MR) is 47.5 cm³/mol. The zero-order valence-corrected chi connectivity index (χ0v) is 7.29. The van der Waals surface area contributed by atoms with Gasteiger partial charge in [-0.3, -0.25) is 4.98 Å². The van der Waals surface area contributed by atoms with E-state index in [9.17, 15) is 0 Å². The van der Waals surface area contributed by atoms with E-state index < -0.39 is 0 Å². The van der Waals surface area contributed by atoms with Gasteiger partial charge in [-0.25, -0.2) is 0 Å². The Morgan fingerprint density at radius 2 is 2.42 bits per heavy atom. The number of ether oxygens (including phenoxy) is 1. The van der Waals surface area contributed by atoms with Crippen molar-refractivity contribution in [2.24, 2.45) is 5.73 Å². The fourth-order valence-electron chi connectivity index (χ4n) is 0.949. The summed E-state index contributed by atoms with van der Waals surface area (Å²) in [5, 5.41) is 0. The van der Waals surface area contributed by atoms with Crippen LogP contribution in [0.4, 0.5) is 0 Å². The Labute approximate surface area is 72.6 Å². The van der Waals surface area contributed by atoms with Crippen LogP contribution in [0, 0.1) is 0 Å². The summed E-state index contributed by atoms with van der Waals surface area (Å²) >= 11 is 0. The maximum absolute atomic E-state index is 5.44. The van der Waals surface area contributed by atoms with Gasteiger partial charge >= 0.3 is 0 Å². The molecule has 0 amide bonds. The predicted octanol–water partition coefficient (Wildman–Crippen LogP) is 1.08. The van der Waals surface area contributed by atoms with Gasteiger partial charge in [0.05, 0.1) is 12.3 Å². The number of hydrogen-bond acceptors (Lipinski definition) is 3. The van der Waals surface area contributed by atoms with Crippen LogP contribution in [0.15, 0.2) is 18.3 Å². The summed E-state index contributed by atoms with van der Waals surface area (Å²) in [7, 11) is 0. The molecular formula is C9H14N2O. The van der Waals surface area contributed by atoms with E-state index >= 15 is 0 Å². The molecule has 0 radical (unpaired) electrons. The topological polar surface area (TPSA) is 48.1 Å². The molecule has 0 bridgehead atoms. The summed E-state index contributed by atoms with van der Waals surface area (Å²) in [6.07, 6.45) is 1.76. The van der Waals surface area contributed by atoms with Gasteiger partial charge in [-0.05, 0) is 24.6 Å². The first kappa shape index (κ1) is 9.16. The molecule has 0 aliphatic rings. The highest BCUT2D eigenvalue weighted by molar-refractivity contribution is 5.15. The molecule has 12 heavy (non-hydrogen) atoms. The van der Waals surface area contributed by atoms with Crippen LogP contribution in [0.1, 0.15) is 18.2 Å². The fourth-order valence-corrected chi connectivity index (χ4v) is 0.949. The van der Waals surface area contributed by atoms with Gasteiger partial charge in [0, 0.05) is 19.3 Å². The molecule has 1 rings (SSSR count). The largest absolute Gasteiger partial charge is 0.377 e. The molecule has 2 N–H and O–H groups in total. The first-order valence-corrected chi connectivity index (χ1v) is 4.08. The van der Waals surface area contributed by atoms with Gasteiger partial charge in [-0.1, -0.05) is 0 Å². The molecule has 0 fully saturated rings. The lowest BCUT2D eigenvalue weighted by atomic mass is 10.2. The molecule has 1 aromatic rings. The summed E-state index contributed by atoms with van der Waals surface area (Å²) in [5.74, 6) is 0. The average molecular weight is 166 g/mol. The summed E-state index contributed by atoms with van der Waals surface area (Å²) < 4.78 is 5.25. The highest BCUT2D eigenvalue weighted by atomic mass is 16.5. The first-order chi connectivity index (χ1) is 5.86. The van der Waals surface area contributed by atoms with Crippen molar-refractivity contribution in [2.45, 2.75) is 20.1 Å². The molecule has 3 heteroatoms. The van der Waals surface area contributed by atoms with Gasteiger partial charge in [-0.15, -0.1) is 0 Å². The van der Waals surface area contributed by atoms with E-state index in [1.165, 1.54) is 0 Å². The number of nitrogens with zero attached hydrogens (tertiary/aromatic N) is 1. The Morgan fingerprint density at radius 3 is 3.08 bits per heavy atom. The minimum atomic E-state index is 0.486. The van der Waals surface area contributed by atoms with Crippen molar-refractivity contribution in [3.8, 4) is 0 Å². The van der Waals surface area contributed by atoms with Crippen LogP contribution in [0.2, 0.25) is 0 Å². The second kappa shape index (κ2) is 4.85. The van der Waals surface area contributed by atoms with E-state index in [0.29, 0.717) is 13.2 Å². The number of aromatic nitrogens is 1. The standard InChI is InChI=1S/C9H14N2O/c1-2-12-7-8-3-4-11-9(5-8)6-10/h3-5H,2,6-7,10H2,1H3. The van der Waals surface area contributed by atoms with Crippen molar-refractivity contribution in [2.75, 3.05) is 6.61 Å². The Bertz CT molecular complexity index is 238. The number of nitrogens with two attached hydrogens (primary N) is 1. The molecule has 1 aromatic heterocycles. The molecule has 3 nitrogen and oxygen atoms in total. The summed E-state index contributed by atoms with van der Waals surface area (Å²) in [6.45, 7) is 3.84. The maximum Gasteiger partial charge on any atom is 0.0717 e. The van der Waals surface area contributed by atoms with Crippen LogP contribution in [0.25, 0.3) is 0 Å². The lowest BCUT2D eigenvalue weighted by molar-refractivity contribution is 0.134. The second-order valence-electron chi connectivity index (χ2n) is 2.50. The van der Waals surface area contributed by atoms with Crippen molar-refractivity contribution < 1.29 is 4.74 Å². The van der Waals surface area contributed by atoms with Crippen LogP contribution >= 0.6 is 0 Å². The van der Waals surface area contributed by atoms with Crippen LogP contribution in [0.5, 0.6) is 0 Å². The number of rotatable bonds is 4. The lowest BCUT2D eigenvalue weighted by Crippen LogP contribution is -2.01. The van der Waals surface area contributed by atoms with E-state index in [4.69, 9.17) is 10.5 Å². The Kier molecular flexibility index (Phi) is 3.70. The van der Waals surface area contributed by atoms with Gasteiger partial charge in [0.2, 0.25) is 0 Å². The SMILES string of the molecule is CCOCc1ccnc(CN)c1. The van der Waals surface area contributed by atoms with Crippen molar-refractivity contribution in [3.05, 3.63) is 29.6 Å². The molecule has 0 aliphatic heterocycles. The Hall–Kier alpha value is -0.930. The maximum atomic E-state index is 5.44. The van der Waals surface area contributed by atoms with E-state index in [1.54, 1.807) is 6.20 Å². The zero-order chi connectivity index (χ0) is 8.81. The molecule has 1 heterocycles. The zero-order valence-electron chi connectivity index (χ0n) is 7.29. The molecule has 0 atom stereocenters. The van der Waals surface area contributed by atoms with E-state index in [2.05, 4.69) is 4.98 Å². The summed E-state index contributed by atoms with van der Waals surface area (Å²) in [6, 6.07) is 3.91. The van der Waals surface area contributed by atoms with Gasteiger partial charge in [0.15, 0.2) is 0 Å². The normalized spacial score (nSPS) is 10.2. The van der Waals surface area contributed by atoms with Gasteiger partial charge in [-0.2, -0.15) is 0 Å². The molecule has 0 saturated heterocycles. The fraction of sp³-hybridized carbons (Fsp3) is 0.444. The number of pyridine rings is 1. The minimum absolute atomic E-state index is 0.486. The van der Waals surface area contributed by atoms with Crippen LogP contribution in [-0.4, -0.2) is 11.6 Å². The molecule has 0 aromatic carbocycles. The number of hydrogen-bond donors (Lipinski definition) is 1. The van der Waals surface area contributed by atoms with Crippen LogP contribution < -0.4 is 5.73 Å². The highest BCUT2D eigenvalue weighted by Gasteiger charge is 1.94. The highest BCUT2D eigenvalue weighted by Crippen LogP contribution is 2.02. The van der Waals surface area contributed by atoms with E-state index in [-0.39, 0.29) is 0 Å². The van der Waals surface area contributed by atoms with Gasteiger partial charge in [0.1, 0.15) is 0 Å². The van der Waals surface area contributed by atoms with E-state index in [1.807, 2.05) is 19.1 Å². The average Bonchev–Trinajstić information content (AvgIpc) is 2.15. The molecular weight excluding hydrogens is 152 g/mol. The monoisotopic (exact) mass is 166 g/mol. The smallest absolute Gasteiger partial charge is 0.0717 e. The third-order valence-electron chi connectivity index (χ3n) is 1.56. The molecule has 0 aliphatic carbocycles. The second-order valence-corrected chi connectivity index (χ2v) is 2.50. The van der Waals surface area contributed by atoms with Crippen molar-refractivity contribution in [1.82, 2.24) is 4.98 Å². The van der Waals surface area contributed by atoms with Gasteiger partial charge in [0.25, 0.3) is 0 Å². The Morgan fingerprint density at radius 1 is 1.58 bits per heavy atom. The quantitative estimate of drug-likeness (QED) is 0.728. The Balaban J connectivity index is 2.60. The molecule has 0 unspecified atom stereocenters. The molecule has 0 saturated carbocycles. The minimum Gasteiger partial charge on any atom is -0.377 e. The van der Waals surface area contributed by atoms with Crippen LogP contribution in [-0.2, 0) is 17.9 Å². The van der Waals surface area contributed by atoms with Gasteiger partial charge < -0.3 is 10.5 Å². The molecule has 0 spiro atoms. The lowest BCUT2D eigenvalue weighted by Gasteiger charge is -2.02. The molecule has 66 valence electrons. The summed E-state index contributed by atoms with van der Waals surface area (Å²) in [4.78, 5) is 4.09. The van der Waals surface area contributed by atoms with Crippen molar-refractivity contribution >= 4 is 0 Å². The third kappa shape index (κ3) is 2.60. The first-order valence-electron chi connectivity index (χ1n) is 4.08. The summed E-state index contributed by atoms with van der Waals surface area (Å²) in [5.41, 5.74) is 7.49. The van der Waals surface area contributed by atoms with Crippen molar-refractivity contribution in [3.63, 3.8) is 0 Å². The van der Waals surface area contributed by atoms with E-state index in [0.717, 1.165) is 17.9 Å².